The molecular weight excluding hydrogens is 194 g/mol. The molecule has 3 heteroatoms. The lowest BCUT2D eigenvalue weighted by Gasteiger charge is -1.95. The second-order valence-electron chi connectivity index (χ2n) is 2.94. The zero-order valence-electron chi connectivity index (χ0n) is 7.73. The molecule has 1 aromatic heterocycles. The van der Waals surface area contributed by atoms with Gasteiger partial charge in [-0.15, -0.1) is 11.3 Å². The van der Waals surface area contributed by atoms with Crippen LogP contribution in [0.4, 0.5) is 0 Å². The van der Waals surface area contributed by atoms with Crippen LogP contribution in [-0.4, -0.2) is 10.8 Å². The number of benzene rings is 1. The van der Waals surface area contributed by atoms with Gasteiger partial charge in [-0.3, -0.25) is 4.79 Å². The van der Waals surface area contributed by atoms with Gasteiger partial charge in [0, 0.05) is 11.8 Å². The number of rotatable bonds is 2. The quantitative estimate of drug-likeness (QED) is 0.702. The first-order valence-corrected chi connectivity index (χ1v) is 5.11. The molecule has 0 amide bonds. The van der Waals surface area contributed by atoms with Crippen LogP contribution >= 0.6 is 11.3 Å². The summed E-state index contributed by atoms with van der Waals surface area (Å²) in [5.41, 5.74) is 0.719. The van der Waals surface area contributed by atoms with Crippen LogP contribution in [0.5, 0.6) is 0 Å². The maximum atomic E-state index is 11.8. The standard InChI is InChI=1S/C11H9NOS/c1-8-12-7-10(14-8)11(13)9-5-3-2-4-6-9/h2-7H,1H3. The van der Waals surface area contributed by atoms with Gasteiger partial charge in [0.25, 0.3) is 0 Å². The summed E-state index contributed by atoms with van der Waals surface area (Å²) in [5, 5.41) is 0.921. The Morgan fingerprint density at radius 1 is 1.29 bits per heavy atom. The summed E-state index contributed by atoms with van der Waals surface area (Å²) in [4.78, 5) is 16.6. The zero-order valence-corrected chi connectivity index (χ0v) is 8.54. The lowest BCUT2D eigenvalue weighted by Crippen LogP contribution is -1.97. The maximum Gasteiger partial charge on any atom is 0.204 e. The second-order valence-corrected chi connectivity index (χ2v) is 4.17. The molecule has 2 nitrogen and oxygen atoms in total. The molecule has 0 aliphatic carbocycles. The lowest BCUT2D eigenvalue weighted by atomic mass is 10.1. The van der Waals surface area contributed by atoms with Crippen LogP contribution in [0.25, 0.3) is 0 Å². The number of nitrogens with zero attached hydrogens (tertiary/aromatic N) is 1. The van der Waals surface area contributed by atoms with Crippen molar-refractivity contribution in [3.05, 3.63) is 52.0 Å². The van der Waals surface area contributed by atoms with Crippen molar-refractivity contribution in [2.45, 2.75) is 6.92 Å². The molecule has 0 aliphatic heterocycles. The van der Waals surface area contributed by atoms with Crippen LogP contribution in [0.2, 0.25) is 0 Å². The molecular formula is C11H9NOS. The molecule has 14 heavy (non-hydrogen) atoms. The average molecular weight is 203 g/mol. The predicted molar refractivity (Wildman–Crippen MR) is 56.7 cm³/mol. The van der Waals surface area contributed by atoms with Gasteiger partial charge in [-0.1, -0.05) is 30.3 Å². The fourth-order valence-electron chi connectivity index (χ4n) is 1.20. The van der Waals surface area contributed by atoms with Crippen molar-refractivity contribution >= 4 is 17.1 Å². The molecule has 1 heterocycles. The van der Waals surface area contributed by atoms with Gasteiger partial charge in [0.15, 0.2) is 0 Å². The number of thiazole rings is 1. The van der Waals surface area contributed by atoms with E-state index in [0.29, 0.717) is 4.88 Å². The summed E-state index contributed by atoms with van der Waals surface area (Å²) in [6.45, 7) is 1.90. The Bertz CT molecular complexity index is 447. The highest BCUT2D eigenvalue weighted by Gasteiger charge is 2.10. The normalized spacial score (nSPS) is 10.1. The van der Waals surface area contributed by atoms with Crippen LogP contribution in [0.3, 0.4) is 0 Å². The first-order valence-electron chi connectivity index (χ1n) is 4.29. The zero-order chi connectivity index (χ0) is 9.97. The number of hydrogen-bond donors (Lipinski definition) is 0. The van der Waals surface area contributed by atoms with E-state index >= 15 is 0 Å². The third-order valence-corrected chi connectivity index (χ3v) is 2.79. The van der Waals surface area contributed by atoms with Crippen LogP contribution in [0.15, 0.2) is 36.5 Å². The monoisotopic (exact) mass is 203 g/mol. The number of ketones is 1. The molecule has 1 aromatic carbocycles. The molecule has 0 atom stereocenters. The Hall–Kier alpha value is -1.48. The highest BCUT2D eigenvalue weighted by atomic mass is 32.1. The summed E-state index contributed by atoms with van der Waals surface area (Å²) >= 11 is 1.43. The van der Waals surface area contributed by atoms with Gasteiger partial charge in [0.1, 0.15) is 0 Å². The molecule has 0 aliphatic rings. The Labute approximate surface area is 86.2 Å². The molecule has 0 unspecified atom stereocenters. The molecule has 0 bridgehead atoms. The number of carbonyl (C=O) groups excluding carboxylic acids is 1. The Morgan fingerprint density at radius 2 is 2.00 bits per heavy atom. The van der Waals surface area contributed by atoms with E-state index < -0.39 is 0 Å². The van der Waals surface area contributed by atoms with Gasteiger partial charge >= 0.3 is 0 Å². The molecule has 0 saturated carbocycles. The topological polar surface area (TPSA) is 30.0 Å². The Balaban J connectivity index is 2.34. The van der Waals surface area contributed by atoms with Crippen LogP contribution in [-0.2, 0) is 0 Å². The minimum atomic E-state index is 0.0520. The van der Waals surface area contributed by atoms with E-state index in [1.54, 1.807) is 6.20 Å². The highest BCUT2D eigenvalue weighted by molar-refractivity contribution is 7.13. The molecule has 0 N–H and O–H groups in total. The van der Waals surface area contributed by atoms with Crippen molar-refractivity contribution in [2.24, 2.45) is 0 Å². The summed E-state index contributed by atoms with van der Waals surface area (Å²) in [5.74, 6) is 0.0520. The van der Waals surface area contributed by atoms with Gasteiger partial charge in [0.05, 0.1) is 9.88 Å². The van der Waals surface area contributed by atoms with Crippen molar-refractivity contribution in [1.29, 1.82) is 0 Å². The van der Waals surface area contributed by atoms with Crippen LogP contribution in [0, 0.1) is 6.92 Å². The minimum Gasteiger partial charge on any atom is -0.288 e. The van der Waals surface area contributed by atoms with Crippen molar-refractivity contribution in [3.63, 3.8) is 0 Å². The SMILES string of the molecule is Cc1ncc(C(=O)c2ccccc2)s1. The van der Waals surface area contributed by atoms with E-state index in [4.69, 9.17) is 0 Å². The third-order valence-electron chi connectivity index (χ3n) is 1.88. The molecule has 70 valence electrons. The average Bonchev–Trinajstić information content (AvgIpc) is 2.65. The lowest BCUT2D eigenvalue weighted by molar-refractivity contribution is 0.104. The molecule has 2 rings (SSSR count). The molecule has 0 saturated heterocycles. The van der Waals surface area contributed by atoms with Gasteiger partial charge in [-0.2, -0.15) is 0 Å². The van der Waals surface area contributed by atoms with Crippen LogP contribution < -0.4 is 0 Å². The highest BCUT2D eigenvalue weighted by Crippen LogP contribution is 2.16. The van der Waals surface area contributed by atoms with Crippen molar-refractivity contribution < 1.29 is 4.79 Å². The fourth-order valence-corrected chi connectivity index (χ4v) is 1.94. The number of hydrogen-bond acceptors (Lipinski definition) is 3. The smallest absolute Gasteiger partial charge is 0.204 e. The predicted octanol–water partition coefficient (Wildman–Crippen LogP) is 2.68. The number of aromatic nitrogens is 1. The van der Waals surface area contributed by atoms with E-state index in [0.717, 1.165) is 10.6 Å². The van der Waals surface area contributed by atoms with E-state index in [1.807, 2.05) is 37.3 Å². The van der Waals surface area contributed by atoms with Crippen LogP contribution in [0.1, 0.15) is 20.2 Å². The largest absolute Gasteiger partial charge is 0.288 e. The van der Waals surface area contributed by atoms with Gasteiger partial charge < -0.3 is 0 Å². The maximum absolute atomic E-state index is 11.8. The van der Waals surface area contributed by atoms with Crippen molar-refractivity contribution in [2.75, 3.05) is 0 Å². The van der Waals surface area contributed by atoms with Gasteiger partial charge in [-0.05, 0) is 6.92 Å². The van der Waals surface area contributed by atoms with Crippen molar-refractivity contribution in [3.8, 4) is 0 Å². The Morgan fingerprint density at radius 3 is 2.57 bits per heavy atom. The van der Waals surface area contributed by atoms with E-state index in [-0.39, 0.29) is 5.78 Å². The van der Waals surface area contributed by atoms with Crippen molar-refractivity contribution in [1.82, 2.24) is 4.98 Å². The van der Waals surface area contributed by atoms with E-state index in [2.05, 4.69) is 4.98 Å². The van der Waals surface area contributed by atoms with Gasteiger partial charge in [-0.25, -0.2) is 4.98 Å². The molecule has 0 spiro atoms. The summed E-state index contributed by atoms with van der Waals surface area (Å²) in [6, 6.07) is 9.26. The molecule has 0 radical (unpaired) electrons. The molecule has 0 fully saturated rings. The van der Waals surface area contributed by atoms with E-state index in [1.165, 1.54) is 11.3 Å². The third kappa shape index (κ3) is 1.72. The summed E-state index contributed by atoms with van der Waals surface area (Å²) in [6.07, 6.45) is 1.63. The second kappa shape index (κ2) is 3.72. The first kappa shape index (κ1) is 9.09. The van der Waals surface area contributed by atoms with E-state index in [9.17, 15) is 4.79 Å². The summed E-state index contributed by atoms with van der Waals surface area (Å²) in [7, 11) is 0. The Kier molecular flexibility index (Phi) is 2.41. The van der Waals surface area contributed by atoms with Gasteiger partial charge in [0.2, 0.25) is 5.78 Å². The first-order chi connectivity index (χ1) is 6.77. The molecule has 2 aromatic rings. The fraction of sp³-hybridized carbons (Fsp3) is 0.0909. The minimum absolute atomic E-state index is 0.0520. The number of carbonyl (C=O) groups is 1. The summed E-state index contributed by atoms with van der Waals surface area (Å²) < 4.78 is 0. The number of aryl methyl sites for hydroxylation is 1.